The van der Waals surface area contributed by atoms with Crippen LogP contribution >= 0.6 is 23.1 Å². The van der Waals surface area contributed by atoms with Crippen LogP contribution in [0.4, 0.5) is 0 Å². The standard InChI is InChI=1S/C26H29N3O2S2/c1-3-9-27-10-12-28(13-11-27)26(31)25-21-16-24(19-8-14-32-17-19)33-23-7-5-4-6-20(23)29(21)18(2)15-22(25)30/h4-8,14-15,17,24H,3,9-13,16H2,1-2H3. The summed E-state index contributed by atoms with van der Waals surface area (Å²) < 4.78 is 2.15. The first kappa shape index (κ1) is 22.4. The number of piperazine rings is 1. The number of aryl methyl sites for hydroxylation is 1. The molecule has 5 nitrogen and oxygen atoms in total. The van der Waals surface area contributed by atoms with Gasteiger partial charge in [0.25, 0.3) is 5.91 Å². The highest BCUT2D eigenvalue weighted by atomic mass is 32.2. The summed E-state index contributed by atoms with van der Waals surface area (Å²) in [6.45, 7) is 8.28. The topological polar surface area (TPSA) is 45.5 Å². The summed E-state index contributed by atoms with van der Waals surface area (Å²) in [5.74, 6) is -0.117. The minimum Gasteiger partial charge on any atom is -0.336 e. The molecule has 0 spiro atoms. The Balaban J connectivity index is 1.61. The molecule has 2 aliphatic rings. The number of carbonyl (C=O) groups is 1. The highest BCUT2D eigenvalue weighted by Gasteiger charge is 2.32. The van der Waals surface area contributed by atoms with Crippen molar-refractivity contribution in [3.63, 3.8) is 0 Å². The Labute approximate surface area is 203 Å². The minimum absolute atomic E-state index is 0.117. The number of rotatable bonds is 4. The van der Waals surface area contributed by atoms with E-state index in [0.717, 1.165) is 43.1 Å². The van der Waals surface area contributed by atoms with Crippen LogP contribution in [-0.2, 0) is 6.42 Å². The van der Waals surface area contributed by atoms with Crippen LogP contribution in [0.15, 0.2) is 56.8 Å². The van der Waals surface area contributed by atoms with Gasteiger partial charge in [-0.15, -0.1) is 11.8 Å². The van der Waals surface area contributed by atoms with Crippen LogP contribution in [0.3, 0.4) is 0 Å². The first-order valence-corrected chi connectivity index (χ1v) is 13.4. The number of amides is 1. The van der Waals surface area contributed by atoms with Crippen molar-refractivity contribution in [2.75, 3.05) is 32.7 Å². The summed E-state index contributed by atoms with van der Waals surface area (Å²) >= 11 is 3.51. The Bertz CT molecular complexity index is 1210. The van der Waals surface area contributed by atoms with E-state index in [1.165, 1.54) is 10.5 Å². The van der Waals surface area contributed by atoms with Gasteiger partial charge in [0.1, 0.15) is 5.56 Å². The first-order chi connectivity index (χ1) is 16.1. The molecular weight excluding hydrogens is 450 g/mol. The zero-order valence-electron chi connectivity index (χ0n) is 19.1. The molecule has 172 valence electrons. The van der Waals surface area contributed by atoms with Crippen LogP contribution in [0.1, 0.15) is 45.9 Å². The van der Waals surface area contributed by atoms with Gasteiger partial charge in [0.05, 0.1) is 5.69 Å². The molecule has 1 fully saturated rings. The van der Waals surface area contributed by atoms with Crippen molar-refractivity contribution in [3.8, 4) is 5.69 Å². The molecule has 0 saturated carbocycles. The molecule has 1 aromatic carbocycles. The number of nitrogens with zero attached hydrogens (tertiary/aromatic N) is 3. The molecule has 33 heavy (non-hydrogen) atoms. The van der Waals surface area contributed by atoms with Crippen molar-refractivity contribution in [2.24, 2.45) is 0 Å². The molecule has 4 heterocycles. The van der Waals surface area contributed by atoms with Crippen molar-refractivity contribution in [3.05, 3.63) is 79.9 Å². The lowest BCUT2D eigenvalue weighted by molar-refractivity contribution is 0.0634. The van der Waals surface area contributed by atoms with Gasteiger partial charge in [-0.2, -0.15) is 11.3 Å². The molecule has 1 unspecified atom stereocenters. The molecule has 2 aromatic heterocycles. The van der Waals surface area contributed by atoms with Crippen molar-refractivity contribution >= 4 is 29.0 Å². The van der Waals surface area contributed by atoms with E-state index < -0.39 is 0 Å². The van der Waals surface area contributed by atoms with E-state index in [1.54, 1.807) is 17.4 Å². The summed E-state index contributed by atoms with van der Waals surface area (Å²) in [4.78, 5) is 32.5. The molecule has 0 N–H and O–H groups in total. The van der Waals surface area contributed by atoms with Crippen molar-refractivity contribution in [2.45, 2.75) is 36.8 Å². The second kappa shape index (κ2) is 9.49. The Morgan fingerprint density at radius 3 is 2.64 bits per heavy atom. The second-order valence-corrected chi connectivity index (χ2v) is 10.8. The van der Waals surface area contributed by atoms with E-state index in [-0.39, 0.29) is 16.6 Å². The average Bonchev–Trinajstić information content (AvgIpc) is 3.29. The summed E-state index contributed by atoms with van der Waals surface area (Å²) in [5, 5.41) is 4.43. The Kier molecular flexibility index (Phi) is 6.45. The molecular formula is C26H29N3O2S2. The fraction of sp³-hybridized carbons (Fsp3) is 0.385. The quantitative estimate of drug-likeness (QED) is 0.541. The predicted octanol–water partition coefficient (Wildman–Crippen LogP) is 4.76. The maximum atomic E-state index is 13.8. The molecule has 1 saturated heterocycles. The second-order valence-electron chi connectivity index (χ2n) is 8.78. The molecule has 0 aliphatic carbocycles. The molecule has 1 amide bonds. The van der Waals surface area contributed by atoms with Gasteiger partial charge in [-0.3, -0.25) is 14.5 Å². The van der Waals surface area contributed by atoms with E-state index in [1.807, 2.05) is 29.7 Å². The van der Waals surface area contributed by atoms with Gasteiger partial charge < -0.3 is 9.47 Å². The van der Waals surface area contributed by atoms with E-state index in [9.17, 15) is 9.59 Å². The molecule has 2 aliphatic heterocycles. The number of carbonyl (C=O) groups excluding carboxylic acids is 1. The average molecular weight is 480 g/mol. The summed E-state index contributed by atoms with van der Waals surface area (Å²) in [6.07, 6.45) is 1.76. The van der Waals surface area contributed by atoms with Crippen LogP contribution in [0.5, 0.6) is 0 Å². The number of para-hydroxylation sites is 1. The van der Waals surface area contributed by atoms with Gasteiger partial charge in [-0.25, -0.2) is 0 Å². The smallest absolute Gasteiger partial charge is 0.259 e. The summed E-state index contributed by atoms with van der Waals surface area (Å²) in [7, 11) is 0. The lowest BCUT2D eigenvalue weighted by atomic mass is 10.0. The number of pyridine rings is 1. The van der Waals surface area contributed by atoms with Gasteiger partial charge in [-0.1, -0.05) is 19.1 Å². The van der Waals surface area contributed by atoms with Crippen LogP contribution in [0.2, 0.25) is 0 Å². The first-order valence-electron chi connectivity index (χ1n) is 11.6. The zero-order chi connectivity index (χ0) is 22.9. The molecule has 0 radical (unpaired) electrons. The maximum Gasteiger partial charge on any atom is 0.259 e. The van der Waals surface area contributed by atoms with E-state index in [2.05, 4.69) is 51.4 Å². The summed E-state index contributed by atoms with van der Waals surface area (Å²) in [5.41, 5.74) is 4.20. The number of aromatic nitrogens is 1. The largest absolute Gasteiger partial charge is 0.336 e. The van der Waals surface area contributed by atoms with Crippen LogP contribution < -0.4 is 5.43 Å². The maximum absolute atomic E-state index is 13.8. The fourth-order valence-corrected chi connectivity index (χ4v) is 7.02. The van der Waals surface area contributed by atoms with E-state index >= 15 is 0 Å². The van der Waals surface area contributed by atoms with E-state index in [0.29, 0.717) is 25.1 Å². The lowest BCUT2D eigenvalue weighted by Gasteiger charge is -2.35. The number of fused-ring (bicyclic) bond motifs is 3. The number of hydrogen-bond acceptors (Lipinski definition) is 5. The van der Waals surface area contributed by atoms with Crippen molar-refractivity contribution in [1.29, 1.82) is 0 Å². The zero-order valence-corrected chi connectivity index (χ0v) is 20.8. The highest BCUT2D eigenvalue weighted by Crippen LogP contribution is 2.44. The third kappa shape index (κ3) is 4.29. The van der Waals surface area contributed by atoms with Gasteiger partial charge in [-0.05, 0) is 54.4 Å². The minimum atomic E-state index is -0.159. The molecule has 0 bridgehead atoms. The van der Waals surface area contributed by atoms with Crippen LogP contribution in [-0.4, -0.2) is 53.0 Å². The van der Waals surface area contributed by atoms with Gasteiger partial charge in [0.15, 0.2) is 5.43 Å². The van der Waals surface area contributed by atoms with Crippen LogP contribution in [0.25, 0.3) is 5.69 Å². The number of benzene rings is 1. The number of hydrogen-bond donors (Lipinski definition) is 0. The lowest BCUT2D eigenvalue weighted by Crippen LogP contribution is -2.50. The van der Waals surface area contributed by atoms with E-state index in [4.69, 9.17) is 0 Å². The third-order valence-electron chi connectivity index (χ3n) is 6.58. The molecule has 3 aromatic rings. The van der Waals surface area contributed by atoms with Crippen molar-refractivity contribution < 1.29 is 4.79 Å². The molecule has 5 rings (SSSR count). The SMILES string of the molecule is CCCN1CCN(C(=O)c2c3n(c(C)cc2=O)-c2ccccc2SC(c2ccsc2)C3)CC1. The Hall–Kier alpha value is -2.35. The monoisotopic (exact) mass is 479 g/mol. The van der Waals surface area contributed by atoms with Gasteiger partial charge in [0.2, 0.25) is 0 Å². The Morgan fingerprint density at radius 2 is 1.91 bits per heavy atom. The fourth-order valence-electron chi connectivity index (χ4n) is 4.96. The predicted molar refractivity (Wildman–Crippen MR) is 136 cm³/mol. The molecule has 7 heteroatoms. The Morgan fingerprint density at radius 1 is 1.12 bits per heavy atom. The molecule has 1 atom stereocenters. The van der Waals surface area contributed by atoms with Gasteiger partial charge >= 0.3 is 0 Å². The summed E-state index contributed by atoms with van der Waals surface area (Å²) in [6, 6.07) is 12.1. The third-order valence-corrected chi connectivity index (χ3v) is 8.60. The number of thioether (sulfide) groups is 1. The van der Waals surface area contributed by atoms with Gasteiger partial charge in [0, 0.05) is 60.2 Å². The normalized spacial score (nSPS) is 18.5. The van der Waals surface area contributed by atoms with Crippen LogP contribution in [0, 0.1) is 6.92 Å². The van der Waals surface area contributed by atoms with Crippen molar-refractivity contribution in [1.82, 2.24) is 14.4 Å². The number of thiophene rings is 1. The highest BCUT2D eigenvalue weighted by molar-refractivity contribution is 7.99.